The molecule has 0 spiro atoms. The van der Waals surface area contributed by atoms with E-state index in [2.05, 4.69) is 5.16 Å². The lowest BCUT2D eigenvalue weighted by atomic mass is 10.2. The van der Waals surface area contributed by atoms with Gasteiger partial charge in [0.25, 0.3) is 0 Å². The second-order valence-corrected chi connectivity index (χ2v) is 4.06. The number of ether oxygens (including phenoxy) is 2. The van der Waals surface area contributed by atoms with Crippen molar-refractivity contribution in [3.8, 4) is 11.5 Å². The molecule has 1 N–H and O–H groups in total. The van der Waals surface area contributed by atoms with E-state index < -0.39 is 0 Å². The molecule has 0 fully saturated rings. The highest BCUT2D eigenvalue weighted by atomic mass is 16.5. The quantitative estimate of drug-likeness (QED) is 0.867. The van der Waals surface area contributed by atoms with Gasteiger partial charge in [-0.25, -0.2) is 0 Å². The van der Waals surface area contributed by atoms with Crippen molar-refractivity contribution < 1.29 is 19.1 Å². The average Bonchev–Trinajstić information content (AvgIpc) is 2.83. The normalized spacial score (nSPS) is 10.5. The molecule has 1 heterocycles. The number of hydrogen-bond acceptors (Lipinski definition) is 5. The van der Waals surface area contributed by atoms with Gasteiger partial charge in [0.2, 0.25) is 0 Å². The van der Waals surface area contributed by atoms with Crippen LogP contribution in [0.3, 0.4) is 0 Å². The van der Waals surface area contributed by atoms with Crippen LogP contribution in [0, 0.1) is 6.92 Å². The van der Waals surface area contributed by atoms with E-state index in [1.807, 2.05) is 32.0 Å². The zero-order valence-electron chi connectivity index (χ0n) is 11.0. The molecule has 0 unspecified atom stereocenters. The third kappa shape index (κ3) is 3.26. The fourth-order valence-corrected chi connectivity index (χ4v) is 1.75. The molecule has 19 heavy (non-hydrogen) atoms. The van der Waals surface area contributed by atoms with Crippen molar-refractivity contribution in [2.45, 2.75) is 27.1 Å². The number of rotatable bonds is 6. The molecular formula is C14H17NO4. The summed E-state index contributed by atoms with van der Waals surface area (Å²) in [5, 5.41) is 13.1. The summed E-state index contributed by atoms with van der Waals surface area (Å²) in [6, 6.07) is 7.23. The second kappa shape index (κ2) is 6.24. The van der Waals surface area contributed by atoms with Crippen molar-refractivity contribution in [2.75, 3.05) is 6.61 Å². The zero-order valence-corrected chi connectivity index (χ0v) is 11.0. The van der Waals surface area contributed by atoms with Crippen molar-refractivity contribution in [1.29, 1.82) is 0 Å². The van der Waals surface area contributed by atoms with Crippen LogP contribution in [0.2, 0.25) is 0 Å². The Morgan fingerprint density at radius 1 is 1.32 bits per heavy atom. The summed E-state index contributed by atoms with van der Waals surface area (Å²) < 4.78 is 16.3. The maximum atomic E-state index is 9.34. The summed E-state index contributed by atoms with van der Waals surface area (Å²) in [4.78, 5) is 0. The van der Waals surface area contributed by atoms with Gasteiger partial charge in [-0.2, -0.15) is 0 Å². The summed E-state index contributed by atoms with van der Waals surface area (Å²) in [5.74, 6) is 1.79. The highest BCUT2D eigenvalue weighted by Gasteiger charge is 2.12. The van der Waals surface area contributed by atoms with E-state index in [1.165, 1.54) is 0 Å². The topological polar surface area (TPSA) is 64.7 Å². The monoisotopic (exact) mass is 263 g/mol. The largest absolute Gasteiger partial charge is 0.490 e. The molecule has 0 aliphatic carbocycles. The molecule has 102 valence electrons. The van der Waals surface area contributed by atoms with Crippen molar-refractivity contribution in [2.24, 2.45) is 0 Å². The van der Waals surface area contributed by atoms with E-state index in [0.717, 1.165) is 5.69 Å². The average molecular weight is 263 g/mol. The molecular weight excluding hydrogens is 246 g/mol. The highest BCUT2D eigenvalue weighted by molar-refractivity contribution is 5.46. The smallest absolute Gasteiger partial charge is 0.174 e. The molecule has 0 radical (unpaired) electrons. The zero-order chi connectivity index (χ0) is 13.7. The molecule has 0 saturated heterocycles. The van der Waals surface area contributed by atoms with Crippen LogP contribution in [0.1, 0.15) is 23.9 Å². The summed E-state index contributed by atoms with van der Waals surface area (Å²) in [6.45, 7) is 4.42. The minimum atomic E-state index is -0.105. The number of aliphatic hydroxyl groups excluding tert-OH is 1. The Labute approximate surface area is 111 Å². The Bertz CT molecular complexity index is 536. The molecule has 0 aliphatic rings. The summed E-state index contributed by atoms with van der Waals surface area (Å²) >= 11 is 0. The van der Waals surface area contributed by atoms with E-state index in [4.69, 9.17) is 14.0 Å². The van der Waals surface area contributed by atoms with Gasteiger partial charge < -0.3 is 19.1 Å². The fraction of sp³-hybridized carbons (Fsp3) is 0.357. The van der Waals surface area contributed by atoms with E-state index in [0.29, 0.717) is 29.4 Å². The molecule has 0 bridgehead atoms. The fourth-order valence-electron chi connectivity index (χ4n) is 1.75. The lowest BCUT2D eigenvalue weighted by Crippen LogP contribution is -2.02. The van der Waals surface area contributed by atoms with Crippen LogP contribution in [0.25, 0.3) is 0 Å². The Balaban J connectivity index is 2.17. The van der Waals surface area contributed by atoms with E-state index in [1.54, 1.807) is 6.07 Å². The highest BCUT2D eigenvalue weighted by Crippen LogP contribution is 2.32. The van der Waals surface area contributed by atoms with Gasteiger partial charge in [0, 0.05) is 11.6 Å². The number of aryl methyl sites for hydroxylation is 1. The van der Waals surface area contributed by atoms with Crippen LogP contribution < -0.4 is 9.47 Å². The first-order valence-electron chi connectivity index (χ1n) is 6.15. The van der Waals surface area contributed by atoms with Crippen molar-refractivity contribution in [3.05, 3.63) is 41.3 Å². The van der Waals surface area contributed by atoms with E-state index in [9.17, 15) is 5.11 Å². The van der Waals surface area contributed by atoms with Crippen LogP contribution in [0.15, 0.2) is 28.8 Å². The van der Waals surface area contributed by atoms with Gasteiger partial charge in [-0.3, -0.25) is 0 Å². The SMILES string of the molecule is CCOc1cccc(CO)c1OCc1cc(C)no1. The summed E-state index contributed by atoms with van der Waals surface area (Å²) in [6.07, 6.45) is 0. The van der Waals surface area contributed by atoms with Gasteiger partial charge in [0.1, 0.15) is 6.61 Å². The first kappa shape index (κ1) is 13.4. The van der Waals surface area contributed by atoms with Gasteiger partial charge in [0.05, 0.1) is 18.9 Å². The van der Waals surface area contributed by atoms with Gasteiger partial charge in [-0.15, -0.1) is 0 Å². The lowest BCUT2D eigenvalue weighted by Gasteiger charge is -2.13. The standard InChI is InChI=1S/C14H17NO4/c1-3-17-13-6-4-5-11(8-16)14(13)18-9-12-7-10(2)15-19-12/h4-7,16H,3,8-9H2,1-2H3. The predicted molar refractivity (Wildman–Crippen MR) is 69.1 cm³/mol. The number of nitrogens with zero attached hydrogens (tertiary/aromatic N) is 1. The first-order valence-corrected chi connectivity index (χ1v) is 6.15. The number of aromatic nitrogens is 1. The van der Waals surface area contributed by atoms with Crippen LogP contribution in [-0.2, 0) is 13.2 Å². The van der Waals surface area contributed by atoms with E-state index in [-0.39, 0.29) is 13.2 Å². The van der Waals surface area contributed by atoms with Crippen LogP contribution >= 0.6 is 0 Å². The number of aliphatic hydroxyl groups is 1. The molecule has 2 aromatic rings. The number of para-hydroxylation sites is 1. The minimum absolute atomic E-state index is 0.105. The maximum Gasteiger partial charge on any atom is 0.174 e. The van der Waals surface area contributed by atoms with Gasteiger partial charge >= 0.3 is 0 Å². The Kier molecular flexibility index (Phi) is 4.41. The second-order valence-electron chi connectivity index (χ2n) is 4.06. The van der Waals surface area contributed by atoms with Crippen molar-refractivity contribution in [1.82, 2.24) is 5.16 Å². The van der Waals surface area contributed by atoms with Gasteiger partial charge in [0.15, 0.2) is 17.3 Å². The van der Waals surface area contributed by atoms with Crippen molar-refractivity contribution in [3.63, 3.8) is 0 Å². The lowest BCUT2D eigenvalue weighted by molar-refractivity contribution is 0.219. The van der Waals surface area contributed by atoms with Crippen LogP contribution in [0.4, 0.5) is 0 Å². The molecule has 5 heteroatoms. The maximum absolute atomic E-state index is 9.34. The van der Waals surface area contributed by atoms with Crippen molar-refractivity contribution >= 4 is 0 Å². The Hall–Kier alpha value is -2.01. The van der Waals surface area contributed by atoms with Crippen LogP contribution in [-0.4, -0.2) is 16.9 Å². The van der Waals surface area contributed by atoms with Gasteiger partial charge in [-0.1, -0.05) is 17.3 Å². The molecule has 0 aliphatic heterocycles. The summed E-state index contributed by atoms with van der Waals surface area (Å²) in [5.41, 5.74) is 1.49. The van der Waals surface area contributed by atoms with Gasteiger partial charge in [-0.05, 0) is 19.9 Å². The molecule has 1 aromatic carbocycles. The molecule has 0 amide bonds. The molecule has 0 atom stereocenters. The molecule has 0 saturated carbocycles. The molecule has 5 nitrogen and oxygen atoms in total. The number of hydrogen-bond donors (Lipinski definition) is 1. The Morgan fingerprint density at radius 3 is 2.79 bits per heavy atom. The number of benzene rings is 1. The minimum Gasteiger partial charge on any atom is -0.490 e. The summed E-state index contributed by atoms with van der Waals surface area (Å²) in [7, 11) is 0. The first-order chi connectivity index (χ1) is 9.24. The molecule has 1 aromatic heterocycles. The van der Waals surface area contributed by atoms with E-state index >= 15 is 0 Å². The third-order valence-corrected chi connectivity index (χ3v) is 2.57. The Morgan fingerprint density at radius 2 is 2.16 bits per heavy atom. The molecule has 2 rings (SSSR count). The van der Waals surface area contributed by atoms with Crippen LogP contribution in [0.5, 0.6) is 11.5 Å². The predicted octanol–water partition coefficient (Wildman–Crippen LogP) is 2.45. The third-order valence-electron chi connectivity index (χ3n) is 2.57.